The highest BCUT2D eigenvalue weighted by Gasteiger charge is 2.11. The molecule has 0 aliphatic heterocycles. The van der Waals surface area contributed by atoms with Crippen LogP contribution in [0.25, 0.3) is 0 Å². The van der Waals surface area contributed by atoms with Crippen LogP contribution in [-0.4, -0.2) is 15.7 Å². The van der Waals surface area contributed by atoms with E-state index in [2.05, 4.69) is 10.4 Å². The second-order valence-corrected chi connectivity index (χ2v) is 8.36. The van der Waals surface area contributed by atoms with Crippen molar-refractivity contribution in [1.82, 2.24) is 9.78 Å². The van der Waals surface area contributed by atoms with Gasteiger partial charge in [-0.25, -0.2) is 0 Å². The number of anilines is 1. The van der Waals surface area contributed by atoms with Gasteiger partial charge in [0.2, 0.25) is 0 Å². The van der Waals surface area contributed by atoms with Crippen LogP contribution in [0.15, 0.2) is 72.4 Å². The zero-order valence-corrected chi connectivity index (χ0v) is 18.0. The summed E-state index contributed by atoms with van der Waals surface area (Å²) in [6.07, 6.45) is 3.42. The zero-order chi connectivity index (χ0) is 20.9. The number of nitrogens with one attached hydrogen (secondary N) is 1. The molecule has 152 valence electrons. The van der Waals surface area contributed by atoms with Crippen molar-refractivity contribution >= 4 is 46.1 Å². The molecule has 5 nitrogen and oxygen atoms in total. The molecule has 2 aromatic heterocycles. The molecule has 0 spiro atoms. The highest BCUT2D eigenvalue weighted by molar-refractivity contribution is 7.12. The summed E-state index contributed by atoms with van der Waals surface area (Å²) < 4.78 is 7.48. The third kappa shape index (κ3) is 5.42. The monoisotopic (exact) mass is 457 g/mol. The van der Waals surface area contributed by atoms with Gasteiger partial charge in [0, 0.05) is 21.8 Å². The SMILES string of the molecule is O=C(Nc1cnn(Cc2ccc(Cl)cc2)c1)c1cc(COc2cccc(Cl)c2)cs1. The number of rotatable bonds is 7. The van der Waals surface area contributed by atoms with E-state index in [4.69, 9.17) is 27.9 Å². The number of thiophene rings is 1. The minimum absolute atomic E-state index is 0.181. The lowest BCUT2D eigenvalue weighted by Gasteiger charge is -2.04. The van der Waals surface area contributed by atoms with E-state index in [0.717, 1.165) is 11.1 Å². The molecule has 0 fully saturated rings. The Morgan fingerprint density at radius 2 is 1.90 bits per heavy atom. The molecular formula is C22H17Cl2N3O2S. The Morgan fingerprint density at radius 3 is 2.70 bits per heavy atom. The van der Waals surface area contributed by atoms with Crippen molar-refractivity contribution in [1.29, 1.82) is 0 Å². The molecule has 0 bridgehead atoms. The number of hydrogen-bond donors (Lipinski definition) is 1. The Labute approximate surface area is 187 Å². The van der Waals surface area contributed by atoms with Gasteiger partial charge in [0.25, 0.3) is 5.91 Å². The minimum Gasteiger partial charge on any atom is -0.489 e. The summed E-state index contributed by atoms with van der Waals surface area (Å²) in [4.78, 5) is 13.1. The Hall–Kier alpha value is -2.80. The molecule has 8 heteroatoms. The van der Waals surface area contributed by atoms with Gasteiger partial charge in [-0.1, -0.05) is 41.4 Å². The first kappa shape index (κ1) is 20.5. The molecular weight excluding hydrogens is 441 g/mol. The lowest BCUT2D eigenvalue weighted by atomic mass is 10.2. The lowest BCUT2D eigenvalue weighted by Crippen LogP contribution is -2.09. The van der Waals surface area contributed by atoms with Crippen LogP contribution in [0.4, 0.5) is 5.69 Å². The third-order valence-electron chi connectivity index (χ3n) is 4.23. The fraction of sp³-hybridized carbons (Fsp3) is 0.0909. The Morgan fingerprint density at radius 1 is 1.07 bits per heavy atom. The molecule has 0 saturated carbocycles. The van der Waals surface area contributed by atoms with E-state index < -0.39 is 0 Å². The molecule has 0 saturated heterocycles. The second-order valence-electron chi connectivity index (χ2n) is 6.57. The number of carbonyl (C=O) groups is 1. The first-order chi connectivity index (χ1) is 14.5. The fourth-order valence-corrected chi connectivity index (χ4v) is 3.88. The predicted molar refractivity (Wildman–Crippen MR) is 121 cm³/mol. The van der Waals surface area contributed by atoms with Crippen molar-refractivity contribution in [3.8, 4) is 5.75 Å². The van der Waals surface area contributed by atoms with E-state index in [1.165, 1.54) is 11.3 Å². The molecule has 1 amide bonds. The number of halogens is 2. The number of amides is 1. The van der Waals surface area contributed by atoms with Crippen LogP contribution in [0.1, 0.15) is 20.8 Å². The van der Waals surface area contributed by atoms with Crippen molar-refractivity contribution in [2.75, 3.05) is 5.32 Å². The van der Waals surface area contributed by atoms with Crippen molar-refractivity contribution in [3.63, 3.8) is 0 Å². The smallest absolute Gasteiger partial charge is 0.265 e. The average Bonchev–Trinajstić information content (AvgIpc) is 3.38. The van der Waals surface area contributed by atoms with Gasteiger partial charge in [-0.2, -0.15) is 5.10 Å². The van der Waals surface area contributed by atoms with Gasteiger partial charge >= 0.3 is 0 Å². The number of aromatic nitrogens is 2. The molecule has 4 rings (SSSR count). The van der Waals surface area contributed by atoms with Crippen molar-refractivity contribution in [2.45, 2.75) is 13.2 Å². The van der Waals surface area contributed by atoms with Gasteiger partial charge in [-0.3, -0.25) is 9.48 Å². The summed E-state index contributed by atoms with van der Waals surface area (Å²) in [7, 11) is 0. The first-order valence-corrected chi connectivity index (χ1v) is 10.7. The summed E-state index contributed by atoms with van der Waals surface area (Å²) in [6.45, 7) is 0.959. The standard InChI is InChI=1S/C22H17Cl2N3O2S/c23-17-6-4-15(5-7-17)11-27-12-19(10-25-27)26-22(28)21-8-16(14-30-21)13-29-20-3-1-2-18(24)9-20/h1-10,12,14H,11,13H2,(H,26,28). The molecule has 0 aliphatic carbocycles. The van der Waals surface area contributed by atoms with Crippen molar-refractivity contribution in [3.05, 3.63) is 98.4 Å². The summed E-state index contributed by atoms with van der Waals surface area (Å²) >= 11 is 13.2. The van der Waals surface area contributed by atoms with Crippen LogP contribution in [0.5, 0.6) is 5.75 Å². The second kappa shape index (κ2) is 9.34. The predicted octanol–water partition coefficient (Wildman–Crippen LogP) is 6.13. The van der Waals surface area contributed by atoms with E-state index in [1.807, 2.05) is 47.8 Å². The van der Waals surface area contributed by atoms with Gasteiger partial charge in [0.15, 0.2) is 0 Å². The summed E-state index contributed by atoms with van der Waals surface area (Å²) in [5.74, 6) is 0.507. The maximum Gasteiger partial charge on any atom is 0.265 e. The molecule has 1 N–H and O–H groups in total. The van der Waals surface area contributed by atoms with Crippen LogP contribution >= 0.6 is 34.5 Å². The Balaban J connectivity index is 1.33. The molecule has 0 unspecified atom stereocenters. The molecule has 4 aromatic rings. The number of benzene rings is 2. The van der Waals surface area contributed by atoms with Gasteiger partial charge in [0.1, 0.15) is 12.4 Å². The van der Waals surface area contributed by atoms with Crippen LogP contribution in [0.2, 0.25) is 10.0 Å². The van der Waals surface area contributed by atoms with Crippen LogP contribution in [0.3, 0.4) is 0 Å². The largest absolute Gasteiger partial charge is 0.489 e. The maximum atomic E-state index is 12.5. The quantitative estimate of drug-likeness (QED) is 0.363. The van der Waals surface area contributed by atoms with Crippen LogP contribution in [0, 0.1) is 0 Å². The van der Waals surface area contributed by atoms with Gasteiger partial charge in [-0.15, -0.1) is 11.3 Å². The van der Waals surface area contributed by atoms with E-state index in [9.17, 15) is 4.79 Å². The Kier molecular flexibility index (Phi) is 6.38. The topological polar surface area (TPSA) is 56.2 Å². The summed E-state index contributed by atoms with van der Waals surface area (Å²) in [6, 6.07) is 16.6. The van der Waals surface area contributed by atoms with Crippen LogP contribution < -0.4 is 10.1 Å². The molecule has 0 radical (unpaired) electrons. The van der Waals surface area contributed by atoms with Crippen molar-refractivity contribution in [2.24, 2.45) is 0 Å². The third-order valence-corrected chi connectivity index (χ3v) is 5.69. The number of ether oxygens (including phenoxy) is 1. The highest BCUT2D eigenvalue weighted by Crippen LogP contribution is 2.21. The van der Waals surface area contributed by atoms with E-state index in [1.54, 1.807) is 29.2 Å². The lowest BCUT2D eigenvalue weighted by molar-refractivity contribution is 0.103. The van der Waals surface area contributed by atoms with Gasteiger partial charge in [-0.05, 0) is 47.3 Å². The van der Waals surface area contributed by atoms with Gasteiger partial charge in [0.05, 0.1) is 23.3 Å². The van der Waals surface area contributed by atoms with E-state index in [-0.39, 0.29) is 5.91 Å². The number of nitrogens with zero attached hydrogens (tertiary/aromatic N) is 2. The number of carbonyl (C=O) groups excluding carboxylic acids is 1. The highest BCUT2D eigenvalue weighted by atomic mass is 35.5. The Bertz CT molecular complexity index is 1160. The zero-order valence-electron chi connectivity index (χ0n) is 15.7. The average molecular weight is 458 g/mol. The molecule has 0 atom stereocenters. The van der Waals surface area contributed by atoms with Crippen molar-refractivity contribution < 1.29 is 9.53 Å². The summed E-state index contributed by atoms with van der Waals surface area (Å²) in [5.41, 5.74) is 2.63. The molecule has 30 heavy (non-hydrogen) atoms. The normalized spacial score (nSPS) is 10.7. The molecule has 0 aliphatic rings. The summed E-state index contributed by atoms with van der Waals surface area (Å²) in [5, 5.41) is 10.4. The molecule has 2 heterocycles. The maximum absolute atomic E-state index is 12.5. The van der Waals surface area contributed by atoms with Crippen LogP contribution in [-0.2, 0) is 13.2 Å². The fourth-order valence-electron chi connectivity index (χ4n) is 2.78. The number of hydrogen-bond acceptors (Lipinski definition) is 4. The minimum atomic E-state index is -0.181. The molecule has 2 aromatic carbocycles. The first-order valence-electron chi connectivity index (χ1n) is 9.09. The van der Waals surface area contributed by atoms with Gasteiger partial charge < -0.3 is 10.1 Å². The van der Waals surface area contributed by atoms with E-state index in [0.29, 0.717) is 39.5 Å². The van der Waals surface area contributed by atoms with E-state index >= 15 is 0 Å².